The van der Waals surface area contributed by atoms with Crippen molar-refractivity contribution in [2.24, 2.45) is 0 Å². The highest BCUT2D eigenvalue weighted by atomic mass is 16.8. The Morgan fingerprint density at radius 3 is 0.969 bits per heavy atom. The van der Waals surface area contributed by atoms with Crippen molar-refractivity contribution >= 4 is 5.91 Å². The van der Waals surface area contributed by atoms with E-state index in [1.54, 1.807) is 6.08 Å². The number of aliphatic hydroxyl groups is 11. The average Bonchev–Trinajstić information content (AvgIpc) is 0.789. The highest BCUT2D eigenvalue weighted by molar-refractivity contribution is 5.76. The molecule has 0 radical (unpaired) electrons. The summed E-state index contributed by atoms with van der Waals surface area (Å²) in [4.78, 5) is 13.5. The summed E-state index contributed by atoms with van der Waals surface area (Å²) in [6.45, 7) is 1.81. The van der Waals surface area contributed by atoms with Crippen LogP contribution in [0.1, 0.15) is 348 Å². The van der Waals surface area contributed by atoms with Crippen LogP contribution in [0.2, 0.25) is 0 Å². The third-order valence-electron chi connectivity index (χ3n) is 20.6. The van der Waals surface area contributed by atoms with Gasteiger partial charge in [0.05, 0.1) is 38.6 Å². The van der Waals surface area contributed by atoms with Crippen molar-refractivity contribution in [3.8, 4) is 0 Å². The molecule has 0 bridgehead atoms. The van der Waals surface area contributed by atoms with Crippen LogP contribution in [0.3, 0.4) is 0 Å². The molecule has 0 saturated carbocycles. The number of rotatable bonds is 65. The van der Waals surface area contributed by atoms with Crippen molar-refractivity contribution in [3.05, 3.63) is 12.2 Å². The van der Waals surface area contributed by atoms with E-state index in [1.165, 1.54) is 276 Å². The Morgan fingerprint density at radius 2 is 0.639 bits per heavy atom. The monoisotopic (exact) mass is 1390 g/mol. The summed E-state index contributed by atoms with van der Waals surface area (Å²) in [5, 5.41) is 121. The standard InChI is InChI=1S/C78H149NO18/c1-3-5-7-9-11-13-15-17-19-21-23-25-27-29-31-33-35-37-39-41-43-45-47-49-51-53-55-62(83)61(79-66(84)56-54-52-50-48-46-44-42-40-38-36-34-32-30-28-26-24-22-20-18-16-14-12-10-8-6-4-2)60-92-76-72(90)69(87)74(64(58-81)94-76)97-78-73(91)70(88)75(65(59-82)95-78)96-77-71(89)68(86)67(85)63(57-80)93-77/h53,55,61-65,67-78,80-83,85-91H,3-52,54,56-60H2,1-2H3,(H,79,84)/b55-53+. The predicted molar refractivity (Wildman–Crippen MR) is 383 cm³/mol. The van der Waals surface area contributed by atoms with E-state index < -0.39 is 124 Å². The van der Waals surface area contributed by atoms with Crippen molar-refractivity contribution in [1.29, 1.82) is 0 Å². The van der Waals surface area contributed by atoms with E-state index in [9.17, 15) is 61.0 Å². The van der Waals surface area contributed by atoms with Gasteiger partial charge in [-0.3, -0.25) is 4.79 Å². The van der Waals surface area contributed by atoms with Gasteiger partial charge in [-0.25, -0.2) is 0 Å². The van der Waals surface area contributed by atoms with Crippen LogP contribution < -0.4 is 5.32 Å². The minimum Gasteiger partial charge on any atom is -0.394 e. The molecule has 0 aliphatic carbocycles. The normalized spacial score (nSPS) is 26.9. The summed E-state index contributed by atoms with van der Waals surface area (Å²) >= 11 is 0. The van der Waals surface area contributed by atoms with Crippen molar-refractivity contribution < 1.29 is 89.4 Å². The Hall–Kier alpha value is -1.47. The van der Waals surface area contributed by atoms with Crippen LogP contribution in [-0.4, -0.2) is 193 Å². The molecule has 3 aliphatic heterocycles. The summed E-state index contributed by atoms with van der Waals surface area (Å²) in [6, 6.07) is -0.970. The lowest BCUT2D eigenvalue weighted by Crippen LogP contribution is -2.66. The molecule has 0 aromatic heterocycles. The lowest BCUT2D eigenvalue weighted by molar-refractivity contribution is -0.379. The van der Waals surface area contributed by atoms with E-state index in [1.807, 2.05) is 6.08 Å². The topological polar surface area (TPSA) is 307 Å². The molecule has 17 atom stereocenters. The zero-order valence-corrected chi connectivity index (χ0v) is 61.3. The van der Waals surface area contributed by atoms with Crippen LogP contribution in [0, 0.1) is 0 Å². The van der Waals surface area contributed by atoms with E-state index in [2.05, 4.69) is 19.2 Å². The molecule has 3 heterocycles. The quantitative estimate of drug-likeness (QED) is 0.0199. The van der Waals surface area contributed by atoms with Gasteiger partial charge >= 0.3 is 0 Å². The fourth-order valence-corrected chi connectivity index (χ4v) is 14.1. The molecule has 574 valence electrons. The summed E-state index contributed by atoms with van der Waals surface area (Å²) < 4.78 is 34.5. The number of carbonyl (C=O) groups excluding carboxylic acids is 1. The second-order valence-corrected chi connectivity index (χ2v) is 29.2. The number of carbonyl (C=O) groups is 1. The molecule has 17 unspecified atom stereocenters. The van der Waals surface area contributed by atoms with Crippen molar-refractivity contribution in [2.75, 3.05) is 26.4 Å². The van der Waals surface area contributed by atoms with Crippen LogP contribution in [0.5, 0.6) is 0 Å². The Kier molecular flexibility index (Phi) is 55.4. The number of aliphatic hydroxyl groups excluding tert-OH is 11. The van der Waals surface area contributed by atoms with Gasteiger partial charge in [-0.2, -0.15) is 0 Å². The first kappa shape index (κ1) is 89.7. The smallest absolute Gasteiger partial charge is 0.220 e. The number of hydrogen-bond donors (Lipinski definition) is 12. The van der Waals surface area contributed by atoms with E-state index >= 15 is 0 Å². The average molecular weight is 1390 g/mol. The SMILES string of the molecule is CCCCCCCCCCCCCCCCCCCCCCCCCC/C=C/C(O)C(COC1OC(CO)C(OC2OC(CO)C(OC3OC(CO)C(O)C(O)C3O)C(O)C2O)C(O)C1O)NC(=O)CCCCCCCCCCCCCCCCCCCCCCCCCCCC. The molecule has 0 spiro atoms. The molecular formula is C78H149NO18. The van der Waals surface area contributed by atoms with Crippen molar-refractivity contribution in [3.63, 3.8) is 0 Å². The van der Waals surface area contributed by atoms with E-state index in [0.717, 1.165) is 44.9 Å². The predicted octanol–water partition coefficient (Wildman–Crippen LogP) is 13.2. The first-order valence-electron chi connectivity index (χ1n) is 40.4. The Bertz CT molecular complexity index is 1800. The van der Waals surface area contributed by atoms with Gasteiger partial charge in [0.15, 0.2) is 18.9 Å². The third kappa shape index (κ3) is 40.4. The van der Waals surface area contributed by atoms with Crippen LogP contribution in [-0.2, 0) is 33.2 Å². The number of ether oxygens (including phenoxy) is 6. The summed E-state index contributed by atoms with van der Waals surface area (Å²) in [7, 11) is 0. The van der Waals surface area contributed by atoms with E-state index in [4.69, 9.17) is 28.4 Å². The molecule has 0 aromatic carbocycles. The van der Waals surface area contributed by atoms with Gasteiger partial charge in [-0.05, 0) is 19.3 Å². The molecule has 3 aliphatic rings. The van der Waals surface area contributed by atoms with Crippen LogP contribution >= 0.6 is 0 Å². The number of hydrogen-bond acceptors (Lipinski definition) is 18. The van der Waals surface area contributed by atoms with Gasteiger partial charge in [-0.1, -0.05) is 334 Å². The molecule has 3 fully saturated rings. The molecule has 0 aromatic rings. The van der Waals surface area contributed by atoms with Gasteiger partial charge in [0.2, 0.25) is 5.91 Å². The summed E-state index contributed by atoms with van der Waals surface area (Å²) in [5.41, 5.74) is 0. The minimum atomic E-state index is -1.98. The number of nitrogens with one attached hydrogen (secondary N) is 1. The Labute approximate surface area is 588 Å². The first-order chi connectivity index (χ1) is 47.3. The molecule has 97 heavy (non-hydrogen) atoms. The van der Waals surface area contributed by atoms with E-state index in [0.29, 0.717) is 6.42 Å². The second kappa shape index (κ2) is 59.9. The van der Waals surface area contributed by atoms with Gasteiger partial charge in [-0.15, -0.1) is 0 Å². The van der Waals surface area contributed by atoms with Gasteiger partial charge in [0, 0.05) is 6.42 Å². The molecule has 1 amide bonds. The number of allylic oxidation sites excluding steroid dienone is 1. The molecule has 19 nitrogen and oxygen atoms in total. The lowest BCUT2D eigenvalue weighted by atomic mass is 9.96. The zero-order chi connectivity index (χ0) is 70.4. The highest BCUT2D eigenvalue weighted by Gasteiger charge is 2.54. The number of amides is 1. The molecule has 3 rings (SSSR count). The van der Waals surface area contributed by atoms with Gasteiger partial charge in [0.1, 0.15) is 73.2 Å². The summed E-state index contributed by atoms with van der Waals surface area (Å²) in [5.74, 6) is -0.266. The zero-order valence-electron chi connectivity index (χ0n) is 61.3. The fourth-order valence-electron chi connectivity index (χ4n) is 14.1. The third-order valence-corrected chi connectivity index (χ3v) is 20.6. The van der Waals surface area contributed by atoms with Crippen molar-refractivity contribution in [2.45, 2.75) is 452 Å². The largest absolute Gasteiger partial charge is 0.394 e. The fraction of sp³-hybridized carbons (Fsp3) is 0.962. The van der Waals surface area contributed by atoms with Gasteiger partial charge in [0.25, 0.3) is 0 Å². The lowest BCUT2D eigenvalue weighted by Gasteiger charge is -2.48. The minimum absolute atomic E-state index is 0.250. The maximum atomic E-state index is 13.5. The summed E-state index contributed by atoms with van der Waals surface area (Å²) in [6.07, 6.45) is 43.4. The highest BCUT2D eigenvalue weighted by Crippen LogP contribution is 2.33. The maximum absolute atomic E-state index is 13.5. The Morgan fingerprint density at radius 1 is 0.361 bits per heavy atom. The molecule has 3 saturated heterocycles. The maximum Gasteiger partial charge on any atom is 0.220 e. The van der Waals surface area contributed by atoms with Crippen LogP contribution in [0.15, 0.2) is 12.2 Å². The van der Waals surface area contributed by atoms with Gasteiger partial charge < -0.3 is 89.9 Å². The van der Waals surface area contributed by atoms with E-state index in [-0.39, 0.29) is 18.9 Å². The first-order valence-corrected chi connectivity index (χ1v) is 40.4. The molecule has 19 heteroatoms. The number of unbranched alkanes of at least 4 members (excludes halogenated alkanes) is 49. The van der Waals surface area contributed by atoms with Crippen LogP contribution in [0.25, 0.3) is 0 Å². The Balaban J connectivity index is 1.38. The molecular weight excluding hydrogens is 1240 g/mol. The van der Waals surface area contributed by atoms with Crippen LogP contribution in [0.4, 0.5) is 0 Å². The molecule has 12 N–H and O–H groups in total. The second-order valence-electron chi connectivity index (χ2n) is 29.2. The van der Waals surface area contributed by atoms with Crippen molar-refractivity contribution in [1.82, 2.24) is 5.32 Å².